The van der Waals surface area contributed by atoms with Crippen molar-refractivity contribution in [2.24, 2.45) is 0 Å². The molecule has 8 nitrogen and oxygen atoms in total. The molecule has 3 aromatic heterocycles. The fraction of sp³-hybridized carbons (Fsp3) is 0.333. The van der Waals surface area contributed by atoms with Crippen LogP contribution in [0.4, 0.5) is 0 Å². The number of furan rings is 1. The highest BCUT2D eigenvalue weighted by molar-refractivity contribution is 7.91. The Hall–Kier alpha value is -2.43. The van der Waals surface area contributed by atoms with Gasteiger partial charge in [-0.1, -0.05) is 6.07 Å². The summed E-state index contributed by atoms with van der Waals surface area (Å²) in [5, 5.41) is 11.6. The van der Waals surface area contributed by atoms with E-state index in [0.717, 1.165) is 5.69 Å². The number of piperidine rings is 1. The predicted octanol–water partition coefficient (Wildman–Crippen LogP) is 2.56. The van der Waals surface area contributed by atoms with E-state index in [1.807, 2.05) is 0 Å². The number of carbonyl (C=O) groups excluding carboxylic acids is 1. The normalized spacial score (nSPS) is 16.3. The van der Waals surface area contributed by atoms with Gasteiger partial charge in [-0.2, -0.15) is 9.40 Å². The third-order valence-corrected chi connectivity index (χ3v) is 8.09. The first-order chi connectivity index (χ1) is 13.5. The van der Waals surface area contributed by atoms with Crippen LogP contribution in [-0.2, 0) is 16.6 Å². The van der Waals surface area contributed by atoms with Crippen LogP contribution < -0.4 is 5.32 Å². The summed E-state index contributed by atoms with van der Waals surface area (Å²) in [6, 6.07) is 8.67. The van der Waals surface area contributed by atoms with Crippen LogP contribution in [0.1, 0.15) is 40.7 Å². The quantitative estimate of drug-likeness (QED) is 0.637. The number of sulfonamides is 1. The van der Waals surface area contributed by atoms with Crippen LogP contribution in [0.3, 0.4) is 0 Å². The van der Waals surface area contributed by atoms with Gasteiger partial charge in [-0.05, 0) is 42.5 Å². The third kappa shape index (κ3) is 3.89. The summed E-state index contributed by atoms with van der Waals surface area (Å²) in [4.78, 5) is 12.2. The van der Waals surface area contributed by atoms with Crippen LogP contribution in [0.25, 0.3) is 0 Å². The summed E-state index contributed by atoms with van der Waals surface area (Å²) in [5.41, 5.74) is 1.17. The Bertz CT molecular complexity index is 1020. The Kier molecular flexibility index (Phi) is 5.33. The lowest BCUT2D eigenvalue weighted by Gasteiger charge is -2.30. The standard InChI is InChI=1S/C18H20N4O4S2/c23-18(19-12-14-3-1-9-26-14)16-11-15(20-21-16)13-5-7-22(8-6-13)28(24,25)17-4-2-10-27-17/h1-4,9-11,13H,5-8,12H2,(H,19,23)(H,20,21). The van der Waals surface area contributed by atoms with E-state index in [4.69, 9.17) is 4.42 Å². The molecule has 0 aliphatic carbocycles. The molecule has 1 aliphatic rings. The molecular formula is C18H20N4O4S2. The monoisotopic (exact) mass is 420 g/mol. The van der Waals surface area contributed by atoms with E-state index in [0.29, 0.717) is 48.1 Å². The molecule has 148 valence electrons. The van der Waals surface area contributed by atoms with Crippen LogP contribution in [-0.4, -0.2) is 41.9 Å². The summed E-state index contributed by atoms with van der Waals surface area (Å²) in [7, 11) is -3.41. The van der Waals surface area contributed by atoms with E-state index < -0.39 is 10.0 Å². The van der Waals surface area contributed by atoms with Gasteiger partial charge in [0.15, 0.2) is 0 Å². The molecule has 28 heavy (non-hydrogen) atoms. The van der Waals surface area contributed by atoms with Crippen molar-refractivity contribution in [3.63, 3.8) is 0 Å². The van der Waals surface area contributed by atoms with Crippen molar-refractivity contribution in [1.82, 2.24) is 19.8 Å². The molecule has 1 saturated heterocycles. The maximum Gasteiger partial charge on any atom is 0.272 e. The summed E-state index contributed by atoms with van der Waals surface area (Å²) < 4.78 is 32.3. The van der Waals surface area contributed by atoms with E-state index in [1.165, 1.54) is 15.6 Å². The van der Waals surface area contributed by atoms with Crippen LogP contribution in [0, 0.1) is 0 Å². The Morgan fingerprint density at radius 1 is 1.32 bits per heavy atom. The Balaban J connectivity index is 1.34. The topological polar surface area (TPSA) is 108 Å². The highest BCUT2D eigenvalue weighted by atomic mass is 32.2. The molecular weight excluding hydrogens is 400 g/mol. The van der Waals surface area contributed by atoms with Gasteiger partial charge >= 0.3 is 0 Å². The molecule has 0 bridgehead atoms. The van der Waals surface area contributed by atoms with Crippen molar-refractivity contribution >= 4 is 27.3 Å². The van der Waals surface area contributed by atoms with Gasteiger partial charge in [0.25, 0.3) is 15.9 Å². The van der Waals surface area contributed by atoms with Gasteiger partial charge in [0.05, 0.1) is 12.8 Å². The molecule has 1 fully saturated rings. The van der Waals surface area contributed by atoms with Crippen molar-refractivity contribution in [3.8, 4) is 0 Å². The van der Waals surface area contributed by atoms with Crippen LogP contribution in [0.5, 0.6) is 0 Å². The average Bonchev–Trinajstić information content (AvgIpc) is 3.48. The van der Waals surface area contributed by atoms with Crippen molar-refractivity contribution in [1.29, 1.82) is 0 Å². The Morgan fingerprint density at radius 3 is 2.82 bits per heavy atom. The predicted molar refractivity (Wildman–Crippen MR) is 104 cm³/mol. The van der Waals surface area contributed by atoms with Crippen molar-refractivity contribution in [2.75, 3.05) is 13.1 Å². The maximum atomic E-state index is 12.6. The van der Waals surface area contributed by atoms with Gasteiger partial charge in [-0.15, -0.1) is 11.3 Å². The molecule has 0 atom stereocenters. The zero-order valence-corrected chi connectivity index (χ0v) is 16.6. The summed E-state index contributed by atoms with van der Waals surface area (Å²) in [6.07, 6.45) is 2.92. The van der Waals surface area contributed by atoms with Gasteiger partial charge in [-0.25, -0.2) is 8.42 Å². The molecule has 1 aliphatic heterocycles. The van der Waals surface area contributed by atoms with Crippen LogP contribution in [0.15, 0.2) is 50.6 Å². The van der Waals surface area contributed by atoms with Crippen LogP contribution >= 0.6 is 11.3 Å². The van der Waals surface area contributed by atoms with E-state index in [2.05, 4.69) is 15.5 Å². The number of hydrogen-bond acceptors (Lipinski definition) is 6. The molecule has 0 radical (unpaired) electrons. The number of rotatable bonds is 6. The SMILES string of the molecule is O=C(NCc1ccco1)c1cc(C2CCN(S(=O)(=O)c3cccs3)CC2)[nH]n1. The number of nitrogens with one attached hydrogen (secondary N) is 2. The summed E-state index contributed by atoms with van der Waals surface area (Å²) in [6.45, 7) is 1.20. The molecule has 0 saturated carbocycles. The number of nitrogens with zero attached hydrogens (tertiary/aromatic N) is 2. The van der Waals surface area contributed by atoms with Crippen molar-refractivity contribution < 1.29 is 17.6 Å². The van der Waals surface area contributed by atoms with Gasteiger partial charge < -0.3 is 9.73 Å². The zero-order valence-electron chi connectivity index (χ0n) is 15.0. The number of hydrogen-bond donors (Lipinski definition) is 2. The Morgan fingerprint density at radius 2 is 2.14 bits per heavy atom. The smallest absolute Gasteiger partial charge is 0.272 e. The largest absolute Gasteiger partial charge is 0.467 e. The molecule has 4 rings (SSSR count). The fourth-order valence-corrected chi connectivity index (χ4v) is 5.89. The molecule has 4 heterocycles. The van der Waals surface area contributed by atoms with Gasteiger partial charge in [0, 0.05) is 24.7 Å². The molecule has 0 spiro atoms. The van der Waals surface area contributed by atoms with Crippen LogP contribution in [0.2, 0.25) is 0 Å². The van der Waals surface area contributed by atoms with Crippen molar-refractivity contribution in [2.45, 2.75) is 29.5 Å². The van der Waals surface area contributed by atoms with Gasteiger partial charge in [-0.3, -0.25) is 9.89 Å². The number of aromatic nitrogens is 2. The molecule has 3 aromatic rings. The first kappa shape index (κ1) is 18.9. The van der Waals surface area contributed by atoms with Crippen molar-refractivity contribution in [3.05, 3.63) is 59.1 Å². The second-order valence-electron chi connectivity index (χ2n) is 6.58. The molecule has 10 heteroatoms. The second kappa shape index (κ2) is 7.90. The lowest BCUT2D eigenvalue weighted by molar-refractivity contribution is 0.0943. The third-order valence-electron chi connectivity index (χ3n) is 4.82. The molecule has 0 aromatic carbocycles. The zero-order chi connectivity index (χ0) is 19.6. The maximum absolute atomic E-state index is 12.6. The summed E-state index contributed by atoms with van der Waals surface area (Å²) in [5.74, 6) is 0.536. The van der Waals surface area contributed by atoms with E-state index in [-0.39, 0.29) is 11.8 Å². The lowest BCUT2D eigenvalue weighted by atomic mass is 9.94. The molecule has 2 N–H and O–H groups in total. The van der Waals surface area contributed by atoms with E-state index >= 15 is 0 Å². The number of H-pyrrole nitrogens is 1. The fourth-order valence-electron chi connectivity index (χ4n) is 3.28. The Labute approximate surface area is 166 Å². The minimum absolute atomic E-state index is 0.147. The lowest BCUT2D eigenvalue weighted by Crippen LogP contribution is -2.37. The van der Waals surface area contributed by atoms with E-state index in [1.54, 1.807) is 42.0 Å². The number of thiophene rings is 1. The molecule has 1 amide bonds. The highest BCUT2D eigenvalue weighted by Crippen LogP contribution is 2.31. The average molecular weight is 421 g/mol. The summed E-state index contributed by atoms with van der Waals surface area (Å²) >= 11 is 1.23. The number of amides is 1. The van der Waals surface area contributed by atoms with E-state index in [9.17, 15) is 13.2 Å². The number of carbonyl (C=O) groups is 1. The first-order valence-electron chi connectivity index (χ1n) is 8.93. The first-order valence-corrected chi connectivity index (χ1v) is 11.3. The van der Waals surface area contributed by atoms with Gasteiger partial charge in [0.2, 0.25) is 0 Å². The minimum atomic E-state index is -3.41. The second-order valence-corrected chi connectivity index (χ2v) is 9.69. The number of aromatic amines is 1. The van der Waals surface area contributed by atoms with Gasteiger partial charge in [0.1, 0.15) is 15.7 Å². The molecule has 0 unspecified atom stereocenters. The highest BCUT2D eigenvalue weighted by Gasteiger charge is 2.31. The minimum Gasteiger partial charge on any atom is -0.467 e.